The lowest BCUT2D eigenvalue weighted by molar-refractivity contribution is -0.133. The van der Waals surface area contributed by atoms with Gasteiger partial charge in [-0.15, -0.1) is 0 Å². The Hall–Kier alpha value is -2.07. The summed E-state index contributed by atoms with van der Waals surface area (Å²) in [4.78, 5) is 18.3. The number of rotatable bonds is 10. The molecule has 0 aliphatic carbocycles. The number of hydrogen-bond acceptors (Lipinski definition) is 8. The number of nitrogens with zero attached hydrogens (tertiary/aromatic N) is 4. The van der Waals surface area contributed by atoms with Crippen LogP contribution in [0.2, 0.25) is 0 Å². The molecule has 10 nitrogen and oxygen atoms in total. The molecule has 2 bridgehead atoms. The van der Waals surface area contributed by atoms with E-state index in [0.29, 0.717) is 26.2 Å². The fourth-order valence-electron chi connectivity index (χ4n) is 4.66. The molecule has 2 aliphatic rings. The van der Waals surface area contributed by atoms with E-state index in [9.17, 15) is 18.3 Å². The molecule has 2 heterocycles. The summed E-state index contributed by atoms with van der Waals surface area (Å²) in [6.45, 7) is 12.1. The highest BCUT2D eigenvalue weighted by Gasteiger charge is 2.50. The molecule has 1 aromatic carbocycles. The maximum atomic E-state index is 12.6. The molecule has 2 saturated heterocycles. The molecule has 4 atom stereocenters. The zero-order chi connectivity index (χ0) is 28.2. The Morgan fingerprint density at radius 2 is 1.97 bits per heavy atom. The summed E-state index contributed by atoms with van der Waals surface area (Å²) >= 11 is 0. The predicted molar refractivity (Wildman–Crippen MR) is 146 cm³/mol. The Bertz CT molecular complexity index is 982. The molecule has 1 aromatic rings. The third kappa shape index (κ3) is 8.74. The molecule has 11 heteroatoms. The van der Waals surface area contributed by atoms with Gasteiger partial charge in [0.05, 0.1) is 23.0 Å². The first kappa shape index (κ1) is 33.0. The van der Waals surface area contributed by atoms with Crippen LogP contribution in [0.1, 0.15) is 59.4 Å². The lowest BCUT2D eigenvalue weighted by atomic mass is 10.1. The van der Waals surface area contributed by atoms with E-state index in [2.05, 4.69) is 18.6 Å². The summed E-state index contributed by atoms with van der Waals surface area (Å²) < 4.78 is 26.5. The quantitative estimate of drug-likeness (QED) is 0.382. The fourth-order valence-corrected chi connectivity index (χ4v) is 5.46. The van der Waals surface area contributed by atoms with Crippen molar-refractivity contribution in [1.82, 2.24) is 19.4 Å². The molecule has 2 fully saturated rings. The number of aliphatic hydroxyl groups excluding tert-OH is 1. The number of nitrogens with one attached hydrogen (secondary N) is 1. The number of benzene rings is 1. The van der Waals surface area contributed by atoms with Crippen molar-refractivity contribution in [3.63, 3.8) is 0 Å². The van der Waals surface area contributed by atoms with Crippen LogP contribution in [0.4, 0.5) is 0 Å². The van der Waals surface area contributed by atoms with Crippen LogP contribution in [0.15, 0.2) is 29.2 Å². The first-order valence-electron chi connectivity index (χ1n) is 13.2. The van der Waals surface area contributed by atoms with Crippen LogP contribution in [0, 0.1) is 11.3 Å². The first-order chi connectivity index (χ1) is 17.6. The largest absolute Gasteiger partial charge is 0.377 e. The lowest BCUT2D eigenvalue weighted by Gasteiger charge is -2.39. The van der Waals surface area contributed by atoms with Crippen LogP contribution < -0.4 is 10.5 Å². The number of amides is 1. The van der Waals surface area contributed by atoms with Gasteiger partial charge in [0.1, 0.15) is 12.8 Å². The van der Waals surface area contributed by atoms with Gasteiger partial charge >= 0.3 is 0 Å². The van der Waals surface area contributed by atoms with Crippen molar-refractivity contribution in [3.8, 4) is 6.07 Å². The van der Waals surface area contributed by atoms with Crippen LogP contribution in [-0.4, -0.2) is 91.7 Å². The highest BCUT2D eigenvalue weighted by molar-refractivity contribution is 7.89. The number of fused-ring (bicyclic) bond motifs is 2. The van der Waals surface area contributed by atoms with Crippen LogP contribution in [0.5, 0.6) is 0 Å². The van der Waals surface area contributed by atoms with Gasteiger partial charge < -0.3 is 15.7 Å². The van der Waals surface area contributed by atoms with E-state index in [0.717, 1.165) is 18.4 Å². The summed E-state index contributed by atoms with van der Waals surface area (Å²) in [5.74, 6) is -0.245. The second-order valence-corrected chi connectivity index (χ2v) is 11.0. The van der Waals surface area contributed by atoms with Crippen LogP contribution in [-0.2, 0) is 21.4 Å². The Morgan fingerprint density at radius 1 is 1.32 bits per heavy atom. The van der Waals surface area contributed by atoms with Crippen molar-refractivity contribution in [2.45, 2.75) is 89.7 Å². The zero-order valence-electron chi connectivity index (χ0n) is 23.2. The second-order valence-electron chi connectivity index (χ2n) is 9.08. The Labute approximate surface area is 223 Å². The normalized spacial score (nSPS) is 21.8. The number of sulfonamides is 1. The molecular formula is C26H46N6O4S. The maximum absolute atomic E-state index is 12.6. The molecule has 0 radical (unpaired) electrons. The van der Waals surface area contributed by atoms with Gasteiger partial charge in [0.25, 0.3) is 0 Å². The molecule has 4 N–H and O–H groups in total. The SMILES string of the molecule is CC.CCC.CCCN(CC#N)C(=O)C(N)CN1C[C@@H]2CC1C(O)N2Cc1cccc(S(=O)(=O)NC)c1. The van der Waals surface area contributed by atoms with Crippen LogP contribution in [0.3, 0.4) is 0 Å². The molecule has 0 spiro atoms. The average molecular weight is 539 g/mol. The molecule has 37 heavy (non-hydrogen) atoms. The minimum Gasteiger partial charge on any atom is -0.377 e. The lowest BCUT2D eigenvalue weighted by Crippen LogP contribution is -2.57. The molecule has 210 valence electrons. The highest BCUT2D eigenvalue weighted by Crippen LogP contribution is 2.36. The summed E-state index contributed by atoms with van der Waals surface area (Å²) in [7, 11) is -2.16. The minimum absolute atomic E-state index is 0.0190. The third-order valence-corrected chi connectivity index (χ3v) is 7.65. The van der Waals surface area contributed by atoms with Gasteiger partial charge in [-0.3, -0.25) is 14.6 Å². The molecule has 3 unspecified atom stereocenters. The number of piperazine rings is 1. The van der Waals surface area contributed by atoms with Crippen molar-refractivity contribution in [2.24, 2.45) is 5.73 Å². The molecule has 1 amide bonds. The molecule has 3 rings (SSSR count). The van der Waals surface area contributed by atoms with Crippen molar-refractivity contribution in [3.05, 3.63) is 29.8 Å². The zero-order valence-corrected chi connectivity index (χ0v) is 24.0. The second kappa shape index (κ2) is 16.0. The maximum Gasteiger partial charge on any atom is 0.241 e. The smallest absolute Gasteiger partial charge is 0.241 e. The standard InChI is InChI=1S/C21H32N6O4S.C3H8.C2H6/c1-3-8-25(9-7-22)20(28)18(23)14-26-13-16-11-19(26)21(29)27(16)12-15-5-4-6-17(10-15)32(30,31)24-2;1-3-2;1-2/h4-6,10,16,18-19,21,24,29H,3,8-9,11-14,23H2,1-2H3;3H2,1-2H3;1-2H3/t16-,18?,19?,21?;;/m0../s1. The van der Waals surface area contributed by atoms with Gasteiger partial charge in [-0.25, -0.2) is 13.1 Å². The van der Waals surface area contributed by atoms with E-state index < -0.39 is 22.3 Å². The number of nitrogens with two attached hydrogens (primary N) is 1. The number of aliphatic hydroxyl groups is 1. The summed E-state index contributed by atoms with van der Waals surface area (Å²) in [6.07, 6.45) is 2.03. The van der Waals surface area contributed by atoms with E-state index in [1.807, 2.05) is 42.7 Å². The van der Waals surface area contributed by atoms with Gasteiger partial charge in [-0.05, 0) is 37.6 Å². The molecule has 0 saturated carbocycles. The van der Waals surface area contributed by atoms with Crippen LogP contribution >= 0.6 is 0 Å². The Morgan fingerprint density at radius 3 is 2.51 bits per heavy atom. The van der Waals surface area contributed by atoms with Gasteiger partial charge in [-0.1, -0.05) is 53.2 Å². The van der Waals surface area contributed by atoms with Gasteiger partial charge in [0, 0.05) is 32.2 Å². The number of carbonyl (C=O) groups excluding carboxylic acids is 1. The predicted octanol–water partition coefficient (Wildman–Crippen LogP) is 1.70. The fraction of sp³-hybridized carbons (Fsp3) is 0.692. The number of hydrogen-bond donors (Lipinski definition) is 3. The van der Waals surface area contributed by atoms with Crippen molar-refractivity contribution >= 4 is 15.9 Å². The van der Waals surface area contributed by atoms with Crippen LogP contribution in [0.25, 0.3) is 0 Å². The van der Waals surface area contributed by atoms with Crippen molar-refractivity contribution in [1.29, 1.82) is 5.26 Å². The van der Waals surface area contributed by atoms with Crippen molar-refractivity contribution in [2.75, 3.05) is 33.2 Å². The van der Waals surface area contributed by atoms with E-state index >= 15 is 0 Å². The molecular weight excluding hydrogens is 492 g/mol. The summed E-state index contributed by atoms with van der Waals surface area (Å²) in [5, 5.41) is 19.8. The Kier molecular flexibility index (Phi) is 14.3. The van der Waals surface area contributed by atoms with E-state index in [4.69, 9.17) is 11.0 Å². The molecule has 2 aliphatic heterocycles. The van der Waals surface area contributed by atoms with E-state index in [1.54, 1.807) is 12.1 Å². The average Bonchev–Trinajstić information content (AvgIpc) is 3.43. The van der Waals surface area contributed by atoms with E-state index in [1.165, 1.54) is 24.4 Å². The Balaban J connectivity index is 0.00000127. The highest BCUT2D eigenvalue weighted by atomic mass is 32.2. The number of likely N-dealkylation sites (tertiary alicyclic amines) is 2. The van der Waals surface area contributed by atoms with Gasteiger partial charge in [0.15, 0.2) is 0 Å². The van der Waals surface area contributed by atoms with Gasteiger partial charge in [-0.2, -0.15) is 5.26 Å². The summed E-state index contributed by atoms with van der Waals surface area (Å²) in [6, 6.07) is 7.91. The number of carbonyl (C=O) groups is 1. The monoisotopic (exact) mass is 538 g/mol. The minimum atomic E-state index is -3.53. The van der Waals surface area contributed by atoms with E-state index in [-0.39, 0.29) is 29.4 Å². The number of nitriles is 1. The molecule has 0 aromatic heterocycles. The third-order valence-electron chi connectivity index (χ3n) is 6.24. The topological polar surface area (TPSA) is 143 Å². The first-order valence-corrected chi connectivity index (χ1v) is 14.7. The van der Waals surface area contributed by atoms with Crippen molar-refractivity contribution < 1.29 is 18.3 Å². The summed E-state index contributed by atoms with van der Waals surface area (Å²) in [5.41, 5.74) is 6.97. The van der Waals surface area contributed by atoms with Gasteiger partial charge in [0.2, 0.25) is 15.9 Å².